The van der Waals surface area contributed by atoms with Crippen LogP contribution in [0, 0.1) is 0 Å². The zero-order valence-electron chi connectivity index (χ0n) is 23.5. The lowest BCUT2D eigenvalue weighted by Crippen LogP contribution is -2.36. The molecule has 0 radical (unpaired) electrons. The van der Waals surface area contributed by atoms with Gasteiger partial charge in [-0.1, -0.05) is 127 Å². The molecule has 0 amide bonds. The predicted octanol–water partition coefficient (Wildman–Crippen LogP) is 9.46. The van der Waals surface area contributed by atoms with E-state index in [1.807, 2.05) is 30.3 Å². The minimum atomic E-state index is -0.456. The van der Waals surface area contributed by atoms with Crippen LogP contribution in [-0.2, 0) is 0 Å². The molecule has 0 saturated carbocycles. The Balaban J connectivity index is 1.26. The minimum absolute atomic E-state index is 0.456. The van der Waals surface area contributed by atoms with Crippen molar-refractivity contribution in [2.45, 2.75) is 6.17 Å². The summed E-state index contributed by atoms with van der Waals surface area (Å²) in [5.41, 5.74) is 9.51. The highest BCUT2D eigenvalue weighted by molar-refractivity contribution is 6.31. The molecule has 44 heavy (non-hydrogen) atoms. The van der Waals surface area contributed by atoms with E-state index >= 15 is 0 Å². The number of hydrogen-bond donors (Lipinski definition) is 1. The molecule has 0 aliphatic carbocycles. The molecular weight excluding hydrogens is 564 g/mol. The summed E-state index contributed by atoms with van der Waals surface area (Å²) in [6.07, 6.45) is 1.19. The number of aromatic nitrogens is 1. The van der Waals surface area contributed by atoms with Crippen LogP contribution in [0.4, 0.5) is 0 Å². The lowest BCUT2D eigenvalue weighted by Gasteiger charge is -2.23. The largest absolute Gasteiger partial charge is 0.454 e. The van der Waals surface area contributed by atoms with Gasteiger partial charge in [-0.25, -0.2) is 9.98 Å². The summed E-state index contributed by atoms with van der Waals surface area (Å²) >= 11 is 6.24. The molecule has 5 nitrogen and oxygen atoms in total. The number of furan rings is 1. The summed E-state index contributed by atoms with van der Waals surface area (Å²) in [5.74, 6) is 1.44. The van der Waals surface area contributed by atoms with E-state index < -0.39 is 6.17 Å². The minimum Gasteiger partial charge on any atom is -0.454 e. The maximum Gasteiger partial charge on any atom is 0.169 e. The number of fused-ring (bicyclic) bond motifs is 3. The molecule has 5 aromatic carbocycles. The Hall–Kier alpha value is -5.52. The number of hydrogen-bond acceptors (Lipinski definition) is 5. The van der Waals surface area contributed by atoms with Gasteiger partial charge in [0.15, 0.2) is 11.7 Å². The van der Waals surface area contributed by atoms with Gasteiger partial charge >= 0.3 is 0 Å². The van der Waals surface area contributed by atoms with E-state index in [9.17, 15) is 0 Å². The average Bonchev–Trinajstić information content (AvgIpc) is 3.47. The maximum atomic E-state index is 6.24. The van der Waals surface area contributed by atoms with Crippen LogP contribution in [0.15, 0.2) is 154 Å². The van der Waals surface area contributed by atoms with E-state index in [0.29, 0.717) is 16.4 Å². The van der Waals surface area contributed by atoms with Crippen molar-refractivity contribution in [2.75, 3.05) is 0 Å². The second-order valence-electron chi connectivity index (χ2n) is 10.7. The molecular formula is C38H25ClN4O. The van der Waals surface area contributed by atoms with Gasteiger partial charge in [0.05, 0.1) is 10.4 Å². The van der Waals surface area contributed by atoms with Crippen molar-refractivity contribution < 1.29 is 4.42 Å². The van der Waals surface area contributed by atoms with Gasteiger partial charge < -0.3 is 9.73 Å². The molecule has 8 rings (SSSR count). The van der Waals surface area contributed by atoms with Gasteiger partial charge in [-0.05, 0) is 39.9 Å². The van der Waals surface area contributed by atoms with Crippen LogP contribution in [-0.4, -0.2) is 16.7 Å². The molecule has 2 aromatic heterocycles. The van der Waals surface area contributed by atoms with Gasteiger partial charge in [0.2, 0.25) is 0 Å². The number of benzene rings is 5. The molecule has 210 valence electrons. The lowest BCUT2D eigenvalue weighted by molar-refractivity contribution is 0.668. The number of halogens is 1. The molecule has 6 heteroatoms. The van der Waals surface area contributed by atoms with Crippen molar-refractivity contribution in [2.24, 2.45) is 9.98 Å². The fourth-order valence-electron chi connectivity index (χ4n) is 5.70. The van der Waals surface area contributed by atoms with Crippen molar-refractivity contribution in [1.82, 2.24) is 10.3 Å². The van der Waals surface area contributed by atoms with Crippen molar-refractivity contribution in [3.05, 3.63) is 161 Å². The topological polar surface area (TPSA) is 62.8 Å². The van der Waals surface area contributed by atoms with Gasteiger partial charge in [0.25, 0.3) is 0 Å². The highest BCUT2D eigenvalue weighted by Crippen LogP contribution is 2.34. The molecule has 1 aliphatic rings. The molecule has 0 saturated heterocycles. The second kappa shape index (κ2) is 11.0. The van der Waals surface area contributed by atoms with Crippen LogP contribution in [0.5, 0.6) is 0 Å². The van der Waals surface area contributed by atoms with Crippen molar-refractivity contribution in [1.29, 1.82) is 0 Å². The highest BCUT2D eigenvalue weighted by atomic mass is 35.5. The molecule has 0 fully saturated rings. The Kier molecular flexibility index (Phi) is 6.51. The molecule has 1 aliphatic heterocycles. The van der Waals surface area contributed by atoms with Crippen LogP contribution in [0.3, 0.4) is 0 Å². The molecule has 1 atom stereocenters. The number of amidine groups is 2. The molecule has 3 heterocycles. The SMILES string of the molecule is Clc1cnc2c(c1)oc1cccc(C3=NC(c4ccc(-c5ccccc5)cc4)N=C(c4cccc(-c5ccccc5)c4)N3)c12. The first-order valence-electron chi connectivity index (χ1n) is 14.4. The van der Waals surface area contributed by atoms with Gasteiger partial charge in [-0.15, -0.1) is 0 Å². The van der Waals surface area contributed by atoms with Crippen LogP contribution in [0.1, 0.15) is 22.9 Å². The fourth-order valence-corrected chi connectivity index (χ4v) is 5.85. The van der Waals surface area contributed by atoms with Crippen molar-refractivity contribution in [3.63, 3.8) is 0 Å². The molecule has 7 aromatic rings. The number of nitrogens with one attached hydrogen (secondary N) is 1. The summed E-state index contributed by atoms with van der Waals surface area (Å²) in [6.45, 7) is 0. The van der Waals surface area contributed by atoms with Gasteiger partial charge in [-0.2, -0.15) is 0 Å². The first kappa shape index (κ1) is 26.1. The monoisotopic (exact) mass is 588 g/mol. The third-order valence-electron chi connectivity index (χ3n) is 7.86. The third kappa shape index (κ3) is 4.83. The summed E-state index contributed by atoms with van der Waals surface area (Å²) in [7, 11) is 0. The van der Waals surface area contributed by atoms with Crippen LogP contribution >= 0.6 is 11.6 Å². The maximum absolute atomic E-state index is 6.24. The van der Waals surface area contributed by atoms with E-state index in [-0.39, 0.29) is 0 Å². The number of rotatable bonds is 5. The highest BCUT2D eigenvalue weighted by Gasteiger charge is 2.24. The third-order valence-corrected chi connectivity index (χ3v) is 8.06. The quantitative estimate of drug-likeness (QED) is 0.218. The number of aliphatic imine (C=N–C) groups is 2. The standard InChI is InChI=1S/C38H25ClN4O/c39-30-22-33-35(40-23-30)34-31(15-8-16-32(34)44-33)38-42-36(27-19-17-26(18-20-27)24-9-3-1-4-10-24)41-37(43-38)29-14-7-13-28(21-29)25-11-5-2-6-12-25/h1-23,36H,(H,41,42,43). The fraction of sp³-hybridized carbons (Fsp3) is 0.0263. The summed E-state index contributed by atoms with van der Waals surface area (Å²) in [4.78, 5) is 14.9. The summed E-state index contributed by atoms with van der Waals surface area (Å²) in [5, 5.41) is 4.97. The van der Waals surface area contributed by atoms with Crippen LogP contribution in [0.2, 0.25) is 5.02 Å². The first-order chi connectivity index (χ1) is 21.7. The molecule has 1 unspecified atom stereocenters. The van der Waals surface area contributed by atoms with Crippen LogP contribution < -0.4 is 5.32 Å². The molecule has 1 N–H and O–H groups in total. The van der Waals surface area contributed by atoms with Crippen molar-refractivity contribution in [3.8, 4) is 22.3 Å². The van der Waals surface area contributed by atoms with Gasteiger partial charge in [0, 0.05) is 23.4 Å². The Morgan fingerprint density at radius 3 is 1.98 bits per heavy atom. The van der Waals surface area contributed by atoms with Gasteiger partial charge in [0.1, 0.15) is 22.8 Å². The zero-order chi connectivity index (χ0) is 29.5. The van der Waals surface area contributed by atoms with E-state index in [0.717, 1.165) is 55.7 Å². The Morgan fingerprint density at radius 2 is 1.20 bits per heavy atom. The number of nitrogens with zero attached hydrogens (tertiary/aromatic N) is 3. The predicted molar refractivity (Wildman–Crippen MR) is 179 cm³/mol. The number of pyridine rings is 1. The summed E-state index contributed by atoms with van der Waals surface area (Å²) < 4.78 is 6.15. The van der Waals surface area contributed by atoms with Crippen molar-refractivity contribution >= 4 is 45.3 Å². The Morgan fingerprint density at radius 1 is 0.568 bits per heavy atom. The second-order valence-corrected chi connectivity index (χ2v) is 11.1. The van der Waals surface area contributed by atoms with E-state index in [2.05, 4.69) is 107 Å². The van der Waals surface area contributed by atoms with Crippen LogP contribution in [0.25, 0.3) is 44.3 Å². The average molecular weight is 589 g/mol. The van der Waals surface area contributed by atoms with E-state index in [4.69, 9.17) is 26.0 Å². The van der Waals surface area contributed by atoms with E-state index in [1.165, 1.54) is 5.56 Å². The zero-order valence-corrected chi connectivity index (χ0v) is 24.2. The lowest BCUT2D eigenvalue weighted by atomic mass is 10.0. The van der Waals surface area contributed by atoms with E-state index in [1.54, 1.807) is 12.3 Å². The molecule has 0 spiro atoms. The first-order valence-corrected chi connectivity index (χ1v) is 14.8. The Bertz CT molecular complexity index is 2200. The Labute approximate surface area is 259 Å². The summed E-state index contributed by atoms with van der Waals surface area (Å²) in [6, 6.07) is 45.4. The normalized spacial score (nSPS) is 14.7. The van der Waals surface area contributed by atoms with Gasteiger partial charge in [-0.3, -0.25) is 4.98 Å². The molecule has 0 bridgehead atoms. The smallest absolute Gasteiger partial charge is 0.169 e.